The van der Waals surface area contributed by atoms with E-state index in [-0.39, 0.29) is 13.0 Å². The third-order valence-corrected chi connectivity index (χ3v) is 5.23. The number of hydrogen-bond donors (Lipinski definition) is 4. The zero-order chi connectivity index (χ0) is 22.0. The largest absolute Gasteiger partial charge is 0.366 e. The standard InChI is InChI=1S/C22H21N5O4/c23-20(29)13-5-7-15(8-6-13)25-19(28)11-18-21(30)27(22(31)26-18)10-9-14-12-24-17-4-2-1-3-16(14)17/h1-8,12,18,24H,9-11H2,(H2,23,29)(H,25,28)(H,26,31). The average molecular weight is 419 g/mol. The normalized spacial score (nSPS) is 15.9. The topological polar surface area (TPSA) is 137 Å². The lowest BCUT2D eigenvalue weighted by molar-refractivity contribution is -0.129. The summed E-state index contributed by atoms with van der Waals surface area (Å²) in [5.41, 5.74) is 7.97. The molecule has 1 saturated heterocycles. The van der Waals surface area contributed by atoms with Gasteiger partial charge in [0, 0.05) is 34.9 Å². The van der Waals surface area contributed by atoms with Gasteiger partial charge in [-0.25, -0.2) is 4.79 Å². The Bertz CT molecular complexity index is 1170. The van der Waals surface area contributed by atoms with Crippen LogP contribution in [0, 0.1) is 0 Å². The van der Waals surface area contributed by atoms with E-state index in [2.05, 4.69) is 15.6 Å². The summed E-state index contributed by atoms with van der Waals surface area (Å²) in [5.74, 6) is -1.42. The van der Waals surface area contributed by atoms with Crippen molar-refractivity contribution in [2.45, 2.75) is 18.9 Å². The van der Waals surface area contributed by atoms with Crippen LogP contribution in [0.3, 0.4) is 0 Å². The number of nitrogens with one attached hydrogen (secondary N) is 3. The van der Waals surface area contributed by atoms with Crippen molar-refractivity contribution in [1.29, 1.82) is 0 Å². The minimum Gasteiger partial charge on any atom is -0.366 e. The van der Waals surface area contributed by atoms with Crippen LogP contribution in [0.25, 0.3) is 10.9 Å². The smallest absolute Gasteiger partial charge is 0.324 e. The predicted molar refractivity (Wildman–Crippen MR) is 114 cm³/mol. The first kappa shape index (κ1) is 20.1. The number of imide groups is 1. The molecule has 0 aliphatic carbocycles. The lowest BCUT2D eigenvalue weighted by Gasteiger charge is -2.13. The molecule has 1 atom stereocenters. The third kappa shape index (κ3) is 4.25. The fourth-order valence-corrected chi connectivity index (χ4v) is 3.61. The number of para-hydroxylation sites is 1. The Morgan fingerprint density at radius 3 is 2.55 bits per heavy atom. The van der Waals surface area contributed by atoms with E-state index in [9.17, 15) is 19.2 Å². The Morgan fingerprint density at radius 2 is 1.81 bits per heavy atom. The van der Waals surface area contributed by atoms with Crippen molar-refractivity contribution in [3.05, 3.63) is 65.9 Å². The van der Waals surface area contributed by atoms with Crippen LogP contribution in [0.1, 0.15) is 22.3 Å². The fourth-order valence-electron chi connectivity index (χ4n) is 3.61. The van der Waals surface area contributed by atoms with Crippen LogP contribution in [0.4, 0.5) is 10.5 Å². The molecule has 9 nitrogen and oxygen atoms in total. The summed E-state index contributed by atoms with van der Waals surface area (Å²) in [6.07, 6.45) is 2.19. The molecule has 1 aromatic heterocycles. The van der Waals surface area contributed by atoms with Crippen LogP contribution >= 0.6 is 0 Å². The Morgan fingerprint density at radius 1 is 1.06 bits per heavy atom. The van der Waals surface area contributed by atoms with Crippen LogP contribution < -0.4 is 16.4 Å². The molecule has 1 fully saturated rings. The molecule has 1 unspecified atom stereocenters. The number of aromatic nitrogens is 1. The lowest BCUT2D eigenvalue weighted by atomic mass is 10.1. The van der Waals surface area contributed by atoms with Crippen molar-refractivity contribution in [3.63, 3.8) is 0 Å². The lowest BCUT2D eigenvalue weighted by Crippen LogP contribution is -2.34. The van der Waals surface area contributed by atoms with Crippen LogP contribution in [0.2, 0.25) is 0 Å². The molecule has 4 rings (SSSR count). The second-order valence-corrected chi connectivity index (χ2v) is 7.30. The van der Waals surface area contributed by atoms with E-state index < -0.39 is 29.8 Å². The number of nitrogens with two attached hydrogens (primary N) is 1. The van der Waals surface area contributed by atoms with Gasteiger partial charge in [-0.2, -0.15) is 0 Å². The summed E-state index contributed by atoms with van der Waals surface area (Å²) in [4.78, 5) is 52.6. The van der Waals surface area contributed by atoms with E-state index in [0.717, 1.165) is 21.4 Å². The number of carbonyl (C=O) groups is 4. The molecule has 1 aliphatic rings. The highest BCUT2D eigenvalue weighted by atomic mass is 16.2. The van der Waals surface area contributed by atoms with Gasteiger partial charge in [-0.05, 0) is 42.3 Å². The first-order chi connectivity index (χ1) is 14.9. The molecule has 5 amide bonds. The highest BCUT2D eigenvalue weighted by Crippen LogP contribution is 2.19. The van der Waals surface area contributed by atoms with Crippen LogP contribution in [0.15, 0.2) is 54.7 Å². The number of anilines is 1. The molecule has 0 radical (unpaired) electrons. The van der Waals surface area contributed by atoms with Crippen molar-refractivity contribution in [3.8, 4) is 0 Å². The third-order valence-electron chi connectivity index (χ3n) is 5.23. The van der Waals surface area contributed by atoms with E-state index in [1.165, 1.54) is 12.1 Å². The van der Waals surface area contributed by atoms with Crippen molar-refractivity contribution < 1.29 is 19.2 Å². The number of H-pyrrole nitrogens is 1. The zero-order valence-electron chi connectivity index (χ0n) is 16.6. The van der Waals surface area contributed by atoms with Gasteiger partial charge in [0.2, 0.25) is 11.8 Å². The quantitative estimate of drug-likeness (QED) is 0.434. The summed E-state index contributed by atoms with van der Waals surface area (Å²) in [5, 5.41) is 6.26. The predicted octanol–water partition coefficient (Wildman–Crippen LogP) is 1.76. The van der Waals surface area contributed by atoms with E-state index in [0.29, 0.717) is 17.7 Å². The van der Waals surface area contributed by atoms with Crippen molar-refractivity contribution >= 4 is 40.3 Å². The fraction of sp³-hybridized carbons (Fsp3) is 0.182. The number of hydrogen-bond acceptors (Lipinski definition) is 4. The van der Waals surface area contributed by atoms with Gasteiger partial charge in [0.05, 0.1) is 6.42 Å². The maximum absolute atomic E-state index is 12.6. The highest BCUT2D eigenvalue weighted by molar-refractivity contribution is 6.07. The minimum atomic E-state index is -0.916. The zero-order valence-corrected chi connectivity index (χ0v) is 16.6. The van der Waals surface area contributed by atoms with E-state index >= 15 is 0 Å². The van der Waals surface area contributed by atoms with Gasteiger partial charge in [0.25, 0.3) is 5.91 Å². The average Bonchev–Trinajstić information content (AvgIpc) is 3.27. The number of carbonyl (C=O) groups excluding carboxylic acids is 4. The SMILES string of the molecule is NC(=O)c1ccc(NC(=O)CC2NC(=O)N(CCc3c[nH]c4ccccc34)C2=O)cc1. The number of amides is 5. The molecule has 9 heteroatoms. The molecule has 0 spiro atoms. The number of aromatic amines is 1. The maximum atomic E-state index is 12.6. The number of nitrogens with zero attached hydrogens (tertiary/aromatic N) is 1. The number of primary amides is 1. The summed E-state index contributed by atoms with van der Waals surface area (Å²) in [7, 11) is 0. The summed E-state index contributed by atoms with van der Waals surface area (Å²) >= 11 is 0. The number of fused-ring (bicyclic) bond motifs is 1. The van der Waals surface area contributed by atoms with Crippen LogP contribution in [-0.2, 0) is 16.0 Å². The summed E-state index contributed by atoms with van der Waals surface area (Å²) < 4.78 is 0. The molecule has 3 aromatic rings. The van der Waals surface area contributed by atoms with Gasteiger partial charge >= 0.3 is 6.03 Å². The van der Waals surface area contributed by atoms with Gasteiger partial charge in [0.15, 0.2) is 0 Å². The molecule has 1 aliphatic heterocycles. The first-order valence-corrected chi connectivity index (χ1v) is 9.79. The second-order valence-electron chi connectivity index (χ2n) is 7.30. The Kier molecular flexibility index (Phi) is 5.40. The van der Waals surface area contributed by atoms with Gasteiger partial charge in [-0.1, -0.05) is 18.2 Å². The number of urea groups is 1. The molecule has 31 heavy (non-hydrogen) atoms. The number of rotatable bonds is 7. The van der Waals surface area contributed by atoms with Crippen molar-refractivity contribution in [2.75, 3.05) is 11.9 Å². The number of benzene rings is 2. The minimum absolute atomic E-state index is 0.189. The monoisotopic (exact) mass is 419 g/mol. The van der Waals surface area contributed by atoms with Gasteiger partial charge in [-0.15, -0.1) is 0 Å². The Hall–Kier alpha value is -4.14. The Balaban J connectivity index is 1.34. The molecule has 5 N–H and O–H groups in total. The van der Waals surface area contributed by atoms with Crippen LogP contribution in [0.5, 0.6) is 0 Å². The van der Waals surface area contributed by atoms with Gasteiger partial charge in [-0.3, -0.25) is 19.3 Å². The highest BCUT2D eigenvalue weighted by Gasteiger charge is 2.38. The molecule has 2 aromatic carbocycles. The molecule has 0 saturated carbocycles. The molecule has 158 valence electrons. The van der Waals surface area contributed by atoms with Gasteiger partial charge in [0.1, 0.15) is 6.04 Å². The first-order valence-electron chi connectivity index (χ1n) is 9.79. The molecular weight excluding hydrogens is 398 g/mol. The van der Waals surface area contributed by atoms with E-state index in [4.69, 9.17) is 5.73 Å². The van der Waals surface area contributed by atoms with Gasteiger partial charge < -0.3 is 21.4 Å². The summed E-state index contributed by atoms with van der Waals surface area (Å²) in [6, 6.07) is 12.5. The summed E-state index contributed by atoms with van der Waals surface area (Å²) in [6.45, 7) is 0.221. The van der Waals surface area contributed by atoms with Crippen molar-refractivity contribution in [2.24, 2.45) is 5.73 Å². The molecule has 0 bridgehead atoms. The second kappa shape index (κ2) is 8.31. The van der Waals surface area contributed by atoms with E-state index in [1.807, 2.05) is 30.5 Å². The molecular formula is C22H21N5O4. The maximum Gasteiger partial charge on any atom is 0.324 e. The van der Waals surface area contributed by atoms with Crippen LogP contribution in [-0.4, -0.2) is 46.2 Å². The van der Waals surface area contributed by atoms with E-state index in [1.54, 1.807) is 12.1 Å². The van der Waals surface area contributed by atoms with Crippen molar-refractivity contribution in [1.82, 2.24) is 15.2 Å². The molecule has 2 heterocycles. The Labute approximate surface area is 177 Å².